The maximum atomic E-state index is 11.5. The van der Waals surface area contributed by atoms with Gasteiger partial charge in [-0.05, 0) is 19.8 Å². The lowest BCUT2D eigenvalue weighted by molar-refractivity contribution is -0.147. The van der Waals surface area contributed by atoms with Gasteiger partial charge in [0.1, 0.15) is 0 Å². The van der Waals surface area contributed by atoms with Gasteiger partial charge in [0.2, 0.25) is 0 Å². The first kappa shape index (κ1) is 12.4. The summed E-state index contributed by atoms with van der Waals surface area (Å²) in [5.74, 6) is -0.125. The van der Waals surface area contributed by atoms with Crippen molar-refractivity contribution >= 4 is 5.91 Å². The van der Waals surface area contributed by atoms with Crippen LogP contribution in [-0.2, 0) is 14.3 Å². The van der Waals surface area contributed by atoms with E-state index in [0.29, 0.717) is 32.8 Å². The number of amides is 1. The van der Waals surface area contributed by atoms with Crippen molar-refractivity contribution in [1.29, 1.82) is 0 Å². The number of hydrogen-bond donors (Lipinski definition) is 2. The highest BCUT2D eigenvalue weighted by atomic mass is 16.6. The standard InChI is InChI=1S/C10H19NO4/c1-8(12)3-2-4-11-10(13)9-7-14-5-6-15-9/h8-9,12H,2-7H2,1H3,(H,11,13). The van der Waals surface area contributed by atoms with Gasteiger partial charge in [0.15, 0.2) is 6.10 Å². The molecule has 1 heterocycles. The molecule has 0 radical (unpaired) electrons. The van der Waals surface area contributed by atoms with Gasteiger partial charge in [-0.15, -0.1) is 0 Å². The van der Waals surface area contributed by atoms with Gasteiger partial charge < -0.3 is 19.9 Å². The zero-order valence-electron chi connectivity index (χ0n) is 9.07. The molecule has 1 fully saturated rings. The van der Waals surface area contributed by atoms with Gasteiger partial charge in [-0.1, -0.05) is 0 Å². The fourth-order valence-electron chi connectivity index (χ4n) is 1.36. The largest absolute Gasteiger partial charge is 0.393 e. The van der Waals surface area contributed by atoms with Crippen LogP contribution in [0.5, 0.6) is 0 Å². The number of carbonyl (C=O) groups is 1. The van der Waals surface area contributed by atoms with Crippen LogP contribution in [0.2, 0.25) is 0 Å². The van der Waals surface area contributed by atoms with Crippen LogP contribution in [-0.4, -0.2) is 49.6 Å². The smallest absolute Gasteiger partial charge is 0.251 e. The maximum absolute atomic E-state index is 11.5. The normalized spacial score (nSPS) is 23.5. The highest BCUT2D eigenvalue weighted by molar-refractivity contribution is 5.80. The van der Waals surface area contributed by atoms with Crippen LogP contribution in [0.3, 0.4) is 0 Å². The Morgan fingerprint density at radius 3 is 3.00 bits per heavy atom. The molecule has 1 aliphatic rings. The lowest BCUT2D eigenvalue weighted by atomic mass is 10.2. The van der Waals surface area contributed by atoms with E-state index in [-0.39, 0.29) is 12.0 Å². The maximum Gasteiger partial charge on any atom is 0.251 e. The summed E-state index contributed by atoms with van der Waals surface area (Å²) in [6.07, 6.45) is 0.695. The second-order valence-corrected chi connectivity index (χ2v) is 3.72. The van der Waals surface area contributed by atoms with Crippen molar-refractivity contribution in [3.8, 4) is 0 Å². The molecular formula is C10H19NO4. The summed E-state index contributed by atoms with van der Waals surface area (Å²) in [5, 5.41) is 11.8. The molecule has 1 aliphatic heterocycles. The van der Waals surface area contributed by atoms with E-state index in [1.54, 1.807) is 6.92 Å². The van der Waals surface area contributed by atoms with Crippen molar-refractivity contribution in [2.24, 2.45) is 0 Å². The van der Waals surface area contributed by atoms with Gasteiger partial charge in [-0.3, -0.25) is 4.79 Å². The van der Waals surface area contributed by atoms with Crippen LogP contribution in [0.15, 0.2) is 0 Å². The molecule has 1 rings (SSSR count). The topological polar surface area (TPSA) is 67.8 Å². The predicted octanol–water partition coefficient (Wildman–Crippen LogP) is -0.321. The summed E-state index contributed by atoms with van der Waals surface area (Å²) in [6, 6.07) is 0. The van der Waals surface area contributed by atoms with E-state index in [1.807, 2.05) is 0 Å². The Balaban J connectivity index is 2.07. The lowest BCUT2D eigenvalue weighted by Gasteiger charge is -2.22. The number of rotatable bonds is 5. The molecule has 0 saturated carbocycles. The molecule has 0 bridgehead atoms. The van der Waals surface area contributed by atoms with Gasteiger partial charge in [0.05, 0.1) is 25.9 Å². The number of ether oxygens (including phenoxy) is 2. The molecule has 2 atom stereocenters. The number of aliphatic hydroxyl groups is 1. The third kappa shape index (κ3) is 5.11. The van der Waals surface area contributed by atoms with Crippen LogP contribution in [0.4, 0.5) is 0 Å². The summed E-state index contributed by atoms with van der Waals surface area (Å²) < 4.78 is 10.4. The minimum Gasteiger partial charge on any atom is -0.393 e. The van der Waals surface area contributed by atoms with Crippen LogP contribution in [0.25, 0.3) is 0 Å². The molecule has 0 aromatic heterocycles. The van der Waals surface area contributed by atoms with Gasteiger partial charge in [-0.2, -0.15) is 0 Å². The van der Waals surface area contributed by atoms with Crippen molar-refractivity contribution in [3.05, 3.63) is 0 Å². The Morgan fingerprint density at radius 1 is 1.60 bits per heavy atom. The quantitative estimate of drug-likeness (QED) is 0.619. The number of aliphatic hydroxyl groups excluding tert-OH is 1. The fourth-order valence-corrected chi connectivity index (χ4v) is 1.36. The Labute approximate surface area is 89.8 Å². The van der Waals surface area contributed by atoms with E-state index >= 15 is 0 Å². The molecule has 2 N–H and O–H groups in total. The summed E-state index contributed by atoms with van der Waals surface area (Å²) in [6.45, 7) is 3.68. The second-order valence-electron chi connectivity index (χ2n) is 3.72. The first-order chi connectivity index (χ1) is 7.20. The molecule has 15 heavy (non-hydrogen) atoms. The molecule has 0 aliphatic carbocycles. The van der Waals surface area contributed by atoms with Crippen LogP contribution >= 0.6 is 0 Å². The third-order valence-electron chi connectivity index (χ3n) is 2.21. The Bertz CT molecular complexity index is 190. The van der Waals surface area contributed by atoms with E-state index in [2.05, 4.69) is 5.32 Å². The fraction of sp³-hybridized carbons (Fsp3) is 0.900. The molecular weight excluding hydrogens is 198 g/mol. The Kier molecular flexibility index (Phi) is 5.60. The van der Waals surface area contributed by atoms with Crippen molar-refractivity contribution in [2.45, 2.75) is 32.0 Å². The summed E-state index contributed by atoms with van der Waals surface area (Å²) >= 11 is 0. The summed E-state index contributed by atoms with van der Waals surface area (Å²) in [4.78, 5) is 11.5. The highest BCUT2D eigenvalue weighted by Gasteiger charge is 2.21. The Morgan fingerprint density at radius 2 is 2.40 bits per heavy atom. The van der Waals surface area contributed by atoms with E-state index in [4.69, 9.17) is 14.6 Å². The van der Waals surface area contributed by atoms with Gasteiger partial charge in [0, 0.05) is 6.54 Å². The number of nitrogens with one attached hydrogen (secondary N) is 1. The minimum atomic E-state index is -0.467. The number of hydrogen-bond acceptors (Lipinski definition) is 4. The summed E-state index contributed by atoms with van der Waals surface area (Å²) in [5.41, 5.74) is 0. The van der Waals surface area contributed by atoms with Gasteiger partial charge >= 0.3 is 0 Å². The number of carbonyl (C=O) groups excluding carboxylic acids is 1. The van der Waals surface area contributed by atoms with Crippen LogP contribution in [0.1, 0.15) is 19.8 Å². The second kappa shape index (κ2) is 6.76. The molecule has 0 spiro atoms. The van der Waals surface area contributed by atoms with Crippen LogP contribution in [0, 0.1) is 0 Å². The molecule has 5 nitrogen and oxygen atoms in total. The van der Waals surface area contributed by atoms with Crippen LogP contribution < -0.4 is 5.32 Å². The van der Waals surface area contributed by atoms with Crippen molar-refractivity contribution in [2.75, 3.05) is 26.4 Å². The van der Waals surface area contributed by atoms with Gasteiger partial charge in [0.25, 0.3) is 5.91 Å². The van der Waals surface area contributed by atoms with Crippen molar-refractivity contribution in [1.82, 2.24) is 5.32 Å². The van der Waals surface area contributed by atoms with E-state index in [9.17, 15) is 4.79 Å². The first-order valence-corrected chi connectivity index (χ1v) is 5.35. The molecule has 0 aromatic rings. The molecule has 1 saturated heterocycles. The average Bonchev–Trinajstić information content (AvgIpc) is 2.25. The average molecular weight is 217 g/mol. The van der Waals surface area contributed by atoms with E-state index < -0.39 is 6.10 Å². The Hall–Kier alpha value is -0.650. The predicted molar refractivity (Wildman–Crippen MR) is 54.5 cm³/mol. The van der Waals surface area contributed by atoms with E-state index in [1.165, 1.54) is 0 Å². The highest BCUT2D eigenvalue weighted by Crippen LogP contribution is 2.01. The zero-order chi connectivity index (χ0) is 11.1. The van der Waals surface area contributed by atoms with Crippen molar-refractivity contribution < 1.29 is 19.4 Å². The molecule has 5 heteroatoms. The third-order valence-corrected chi connectivity index (χ3v) is 2.21. The summed E-state index contributed by atoms with van der Waals surface area (Å²) in [7, 11) is 0. The molecule has 0 aromatic carbocycles. The van der Waals surface area contributed by atoms with Gasteiger partial charge in [-0.25, -0.2) is 0 Å². The molecule has 88 valence electrons. The molecule has 1 amide bonds. The SMILES string of the molecule is CC(O)CCCNC(=O)C1COCCO1. The van der Waals surface area contributed by atoms with Crippen molar-refractivity contribution in [3.63, 3.8) is 0 Å². The zero-order valence-corrected chi connectivity index (χ0v) is 9.07. The first-order valence-electron chi connectivity index (χ1n) is 5.35. The van der Waals surface area contributed by atoms with E-state index in [0.717, 1.165) is 6.42 Å². The molecule has 2 unspecified atom stereocenters. The lowest BCUT2D eigenvalue weighted by Crippen LogP contribution is -2.43. The minimum absolute atomic E-state index is 0.125. The monoisotopic (exact) mass is 217 g/mol.